The van der Waals surface area contributed by atoms with Gasteiger partial charge in [-0.15, -0.1) is 0 Å². The van der Waals surface area contributed by atoms with Crippen LogP contribution in [0, 0.1) is 0 Å². The summed E-state index contributed by atoms with van der Waals surface area (Å²) in [5.74, 6) is -0.0865. The van der Waals surface area contributed by atoms with Crippen molar-refractivity contribution in [1.29, 1.82) is 0 Å². The molecule has 3 aromatic rings. The van der Waals surface area contributed by atoms with E-state index in [2.05, 4.69) is 17.4 Å². The third-order valence-electron chi connectivity index (χ3n) is 7.73. The summed E-state index contributed by atoms with van der Waals surface area (Å²) in [6, 6.07) is 20.4. The van der Waals surface area contributed by atoms with E-state index in [1.165, 1.54) is 24.8 Å². The molecule has 178 valence electrons. The smallest absolute Gasteiger partial charge is 0.271 e. The van der Waals surface area contributed by atoms with Gasteiger partial charge in [0.1, 0.15) is 11.2 Å². The molecule has 5 heteroatoms. The summed E-state index contributed by atoms with van der Waals surface area (Å²) in [5.41, 5.74) is 1.91. The molecule has 0 radical (unpaired) electrons. The molecule has 2 aliphatic rings. The number of aromatic nitrogens is 1. The number of para-hydroxylation sites is 1. The van der Waals surface area contributed by atoms with Crippen molar-refractivity contribution in [3.63, 3.8) is 0 Å². The van der Waals surface area contributed by atoms with E-state index in [0.29, 0.717) is 18.8 Å². The Morgan fingerprint density at radius 2 is 1.65 bits per heavy atom. The molecule has 34 heavy (non-hydrogen) atoms. The molecule has 1 aliphatic carbocycles. The minimum Gasteiger partial charge on any atom is -0.351 e. The number of amides is 2. The molecular formula is C29H35N3O2. The van der Waals surface area contributed by atoms with Crippen LogP contribution in [0.1, 0.15) is 67.9 Å². The Bertz CT molecular complexity index is 1160. The van der Waals surface area contributed by atoms with E-state index in [1.54, 1.807) is 0 Å². The van der Waals surface area contributed by atoms with Gasteiger partial charge in [-0.2, -0.15) is 0 Å². The van der Waals surface area contributed by atoms with Crippen LogP contribution < -0.4 is 5.32 Å². The lowest BCUT2D eigenvalue weighted by Crippen LogP contribution is -2.65. The van der Waals surface area contributed by atoms with Crippen molar-refractivity contribution in [2.75, 3.05) is 6.54 Å². The SMILES string of the molecule is CC1(C(=O)NC2CCCCCCC2)Cn2c(cc3ccccc32)C(=O)N1CCc1ccccc1. The predicted octanol–water partition coefficient (Wildman–Crippen LogP) is 5.33. The van der Waals surface area contributed by atoms with Crippen molar-refractivity contribution < 1.29 is 9.59 Å². The largest absolute Gasteiger partial charge is 0.351 e. The van der Waals surface area contributed by atoms with E-state index in [9.17, 15) is 9.59 Å². The highest BCUT2D eigenvalue weighted by Gasteiger charge is 2.47. The van der Waals surface area contributed by atoms with Crippen LogP contribution in [0.4, 0.5) is 0 Å². The molecule has 2 heterocycles. The van der Waals surface area contributed by atoms with Crippen LogP contribution in [0.2, 0.25) is 0 Å². The Hall–Kier alpha value is -3.08. The lowest BCUT2D eigenvalue weighted by Gasteiger charge is -2.45. The third kappa shape index (κ3) is 4.36. The quantitative estimate of drug-likeness (QED) is 0.563. The van der Waals surface area contributed by atoms with Gasteiger partial charge in [0.05, 0.1) is 6.54 Å². The van der Waals surface area contributed by atoms with Crippen LogP contribution in [0.25, 0.3) is 10.9 Å². The van der Waals surface area contributed by atoms with Gasteiger partial charge in [0, 0.05) is 23.5 Å². The number of nitrogens with one attached hydrogen (secondary N) is 1. The highest BCUT2D eigenvalue weighted by molar-refractivity contribution is 6.03. The summed E-state index contributed by atoms with van der Waals surface area (Å²) in [6.45, 7) is 2.93. The van der Waals surface area contributed by atoms with E-state index < -0.39 is 5.54 Å². The third-order valence-corrected chi connectivity index (χ3v) is 7.73. The standard InChI is InChI=1S/C29H35N3O2/c1-29(28(34)30-24-15-8-3-2-4-9-16-24)21-31-25-17-11-10-14-23(25)20-26(31)27(33)32(29)19-18-22-12-6-5-7-13-22/h5-7,10-14,17,20,24H,2-4,8-9,15-16,18-19,21H2,1H3,(H,30,34). The van der Waals surface area contributed by atoms with E-state index in [-0.39, 0.29) is 17.9 Å². The average Bonchev–Trinajstić information content (AvgIpc) is 3.20. The zero-order chi connectivity index (χ0) is 23.5. The van der Waals surface area contributed by atoms with Crippen molar-refractivity contribution in [3.8, 4) is 0 Å². The zero-order valence-corrected chi connectivity index (χ0v) is 20.1. The number of benzene rings is 2. The van der Waals surface area contributed by atoms with Gasteiger partial charge in [0.15, 0.2) is 0 Å². The van der Waals surface area contributed by atoms with Crippen molar-refractivity contribution in [2.45, 2.75) is 76.4 Å². The molecule has 1 saturated carbocycles. The number of carbonyl (C=O) groups is 2. The maximum atomic E-state index is 13.9. The average molecular weight is 458 g/mol. The van der Waals surface area contributed by atoms with Gasteiger partial charge in [-0.05, 0) is 43.9 Å². The van der Waals surface area contributed by atoms with E-state index >= 15 is 0 Å². The molecule has 1 unspecified atom stereocenters. The van der Waals surface area contributed by atoms with Gasteiger partial charge in [-0.3, -0.25) is 9.59 Å². The number of rotatable bonds is 5. The number of hydrogen-bond acceptors (Lipinski definition) is 2. The summed E-state index contributed by atoms with van der Waals surface area (Å²) >= 11 is 0. The zero-order valence-electron chi connectivity index (χ0n) is 20.1. The monoisotopic (exact) mass is 457 g/mol. The molecule has 1 aliphatic heterocycles. The molecular weight excluding hydrogens is 422 g/mol. The topological polar surface area (TPSA) is 54.3 Å². The van der Waals surface area contributed by atoms with Gasteiger partial charge < -0.3 is 14.8 Å². The Labute approximate surface area is 202 Å². The van der Waals surface area contributed by atoms with E-state index in [0.717, 1.165) is 43.0 Å². The first-order valence-corrected chi connectivity index (χ1v) is 12.8. The van der Waals surface area contributed by atoms with E-state index in [1.807, 2.05) is 64.9 Å². The molecule has 5 rings (SSSR count). The second-order valence-electron chi connectivity index (χ2n) is 10.2. The minimum atomic E-state index is -0.941. The van der Waals surface area contributed by atoms with Gasteiger partial charge in [0.25, 0.3) is 5.91 Å². The Morgan fingerprint density at radius 1 is 0.971 bits per heavy atom. The first-order chi connectivity index (χ1) is 16.6. The van der Waals surface area contributed by atoms with Crippen molar-refractivity contribution in [2.24, 2.45) is 0 Å². The highest BCUT2D eigenvalue weighted by Crippen LogP contribution is 2.33. The van der Waals surface area contributed by atoms with Gasteiger partial charge in [0.2, 0.25) is 5.91 Å². The molecule has 1 fully saturated rings. The number of fused-ring (bicyclic) bond motifs is 3. The summed E-state index contributed by atoms with van der Waals surface area (Å²) in [4.78, 5) is 29.6. The van der Waals surface area contributed by atoms with Crippen LogP contribution in [0.3, 0.4) is 0 Å². The first kappa shape index (κ1) is 22.7. The second kappa shape index (κ2) is 9.65. The molecule has 1 atom stereocenters. The normalized spacial score (nSPS) is 21.7. The Kier molecular flexibility index (Phi) is 6.44. The predicted molar refractivity (Wildman–Crippen MR) is 136 cm³/mol. The molecule has 1 N–H and O–H groups in total. The maximum absolute atomic E-state index is 13.9. The van der Waals surface area contributed by atoms with E-state index in [4.69, 9.17) is 0 Å². The van der Waals surface area contributed by atoms with Crippen LogP contribution in [0.15, 0.2) is 60.7 Å². The lowest BCUT2D eigenvalue weighted by atomic mass is 9.91. The summed E-state index contributed by atoms with van der Waals surface area (Å²) in [6.07, 6.45) is 8.86. The van der Waals surface area contributed by atoms with Crippen LogP contribution >= 0.6 is 0 Å². The van der Waals surface area contributed by atoms with Gasteiger partial charge >= 0.3 is 0 Å². The maximum Gasteiger partial charge on any atom is 0.271 e. The summed E-state index contributed by atoms with van der Waals surface area (Å²) in [5, 5.41) is 4.41. The fourth-order valence-electron chi connectivity index (χ4n) is 5.68. The van der Waals surface area contributed by atoms with Crippen LogP contribution in [-0.2, 0) is 17.8 Å². The molecule has 5 nitrogen and oxygen atoms in total. The van der Waals surface area contributed by atoms with Crippen molar-refractivity contribution >= 4 is 22.7 Å². The van der Waals surface area contributed by atoms with Crippen molar-refractivity contribution in [1.82, 2.24) is 14.8 Å². The number of nitrogens with zero attached hydrogens (tertiary/aromatic N) is 2. The second-order valence-corrected chi connectivity index (χ2v) is 10.2. The highest BCUT2D eigenvalue weighted by atomic mass is 16.2. The lowest BCUT2D eigenvalue weighted by molar-refractivity contribution is -0.133. The summed E-state index contributed by atoms with van der Waals surface area (Å²) in [7, 11) is 0. The first-order valence-electron chi connectivity index (χ1n) is 12.8. The van der Waals surface area contributed by atoms with Crippen LogP contribution in [0.5, 0.6) is 0 Å². The van der Waals surface area contributed by atoms with Crippen LogP contribution in [-0.4, -0.2) is 39.4 Å². The fourth-order valence-corrected chi connectivity index (χ4v) is 5.68. The summed E-state index contributed by atoms with van der Waals surface area (Å²) < 4.78 is 2.05. The van der Waals surface area contributed by atoms with Gasteiger partial charge in [-0.1, -0.05) is 80.6 Å². The minimum absolute atomic E-state index is 0.0251. The molecule has 2 amide bonds. The molecule has 0 bridgehead atoms. The molecule has 1 aromatic heterocycles. The number of carbonyl (C=O) groups excluding carboxylic acids is 2. The van der Waals surface area contributed by atoms with Gasteiger partial charge in [-0.25, -0.2) is 0 Å². The molecule has 0 saturated heterocycles. The molecule has 2 aromatic carbocycles. The molecule has 0 spiro atoms. The fraction of sp³-hybridized carbons (Fsp3) is 0.448. The Morgan fingerprint density at radius 3 is 2.41 bits per heavy atom. The number of hydrogen-bond donors (Lipinski definition) is 1. The van der Waals surface area contributed by atoms with Crippen molar-refractivity contribution in [3.05, 3.63) is 71.9 Å². The Balaban J connectivity index is 1.46.